The molecule has 0 unspecified atom stereocenters. The fraction of sp³-hybridized carbons (Fsp3) is 0.278. The molecule has 28 heavy (non-hydrogen) atoms. The smallest absolute Gasteiger partial charge is 0.255 e. The van der Waals surface area contributed by atoms with Crippen LogP contribution in [0.1, 0.15) is 23.2 Å². The molecular weight excluding hydrogens is 464 g/mol. The lowest BCUT2D eigenvalue weighted by atomic mass is 10.2. The zero-order valence-corrected chi connectivity index (χ0v) is 18.3. The highest BCUT2D eigenvalue weighted by Gasteiger charge is 2.20. The van der Waals surface area contributed by atoms with Crippen LogP contribution in [0.15, 0.2) is 29.4 Å². The summed E-state index contributed by atoms with van der Waals surface area (Å²) < 4.78 is 0. The van der Waals surface area contributed by atoms with Gasteiger partial charge in [0, 0.05) is 19.3 Å². The zero-order chi connectivity index (χ0) is 20.3. The molecule has 0 saturated carbocycles. The van der Waals surface area contributed by atoms with E-state index < -0.39 is 0 Å². The van der Waals surface area contributed by atoms with Crippen molar-refractivity contribution in [1.29, 1.82) is 0 Å². The topological polar surface area (TPSA) is 62.3 Å². The summed E-state index contributed by atoms with van der Waals surface area (Å²) in [5.74, 6) is -0.281. The van der Waals surface area contributed by atoms with E-state index in [4.69, 9.17) is 46.4 Å². The van der Waals surface area contributed by atoms with Gasteiger partial charge < -0.3 is 10.2 Å². The number of nitrogens with zero attached hydrogens (tertiary/aromatic N) is 2. The Morgan fingerprint density at radius 2 is 1.71 bits per heavy atom. The van der Waals surface area contributed by atoms with Crippen molar-refractivity contribution in [3.63, 3.8) is 0 Å². The predicted octanol–water partition coefficient (Wildman–Crippen LogP) is 5.66. The molecule has 10 heteroatoms. The third kappa shape index (κ3) is 5.05. The van der Waals surface area contributed by atoms with Crippen molar-refractivity contribution >= 4 is 75.7 Å². The normalized spacial score (nSPS) is 13.6. The summed E-state index contributed by atoms with van der Waals surface area (Å²) in [7, 11) is 0. The molecule has 0 radical (unpaired) electrons. The predicted molar refractivity (Wildman–Crippen MR) is 115 cm³/mol. The number of carbonyl (C=O) groups excluding carboxylic acids is 2. The van der Waals surface area contributed by atoms with Crippen LogP contribution in [0.5, 0.6) is 0 Å². The second-order valence-electron chi connectivity index (χ2n) is 6.06. The van der Waals surface area contributed by atoms with Crippen LogP contribution in [0.3, 0.4) is 0 Å². The Labute approximate surface area is 186 Å². The number of nitrogens with one attached hydrogen (secondary N) is 1. The Morgan fingerprint density at radius 1 is 1.07 bits per heavy atom. The minimum atomic E-state index is -0.342. The molecule has 1 saturated heterocycles. The molecule has 0 bridgehead atoms. The SMILES string of the molecule is O=C(CSc1ccc(C(=O)N2CCCC2)cn1)Nc1c(Cl)c(Cl)cc(Cl)c1Cl. The van der Waals surface area contributed by atoms with E-state index in [1.165, 1.54) is 24.0 Å². The number of hydrogen-bond donors (Lipinski definition) is 1. The first-order chi connectivity index (χ1) is 13.4. The van der Waals surface area contributed by atoms with Gasteiger partial charge in [0.05, 0.1) is 42.1 Å². The molecule has 1 aliphatic rings. The van der Waals surface area contributed by atoms with E-state index in [0.29, 0.717) is 10.6 Å². The molecule has 1 aliphatic heterocycles. The van der Waals surface area contributed by atoms with E-state index in [2.05, 4.69) is 10.3 Å². The van der Waals surface area contributed by atoms with Crippen LogP contribution in [-0.4, -0.2) is 40.5 Å². The highest BCUT2D eigenvalue weighted by atomic mass is 35.5. The Kier molecular flexibility index (Phi) is 7.34. The van der Waals surface area contributed by atoms with Crippen LogP contribution in [0, 0.1) is 0 Å². The van der Waals surface area contributed by atoms with Gasteiger partial charge in [-0.1, -0.05) is 58.2 Å². The maximum atomic E-state index is 12.3. The van der Waals surface area contributed by atoms with Crippen LogP contribution >= 0.6 is 58.2 Å². The van der Waals surface area contributed by atoms with Crippen molar-refractivity contribution in [3.8, 4) is 0 Å². The quantitative estimate of drug-likeness (QED) is 0.444. The third-order valence-electron chi connectivity index (χ3n) is 4.10. The van der Waals surface area contributed by atoms with Gasteiger partial charge in [-0.2, -0.15) is 0 Å². The largest absolute Gasteiger partial charge is 0.339 e. The standard InChI is InChI=1S/C18H15Cl4N3O2S/c19-11-7-12(20)16(22)17(15(11)21)24-13(26)9-28-14-4-3-10(8-23-14)18(27)25-5-1-2-6-25/h3-4,7-8H,1-2,5-6,9H2,(H,24,26). The average molecular weight is 479 g/mol. The van der Waals surface area contributed by atoms with Gasteiger partial charge in [-0.25, -0.2) is 4.98 Å². The number of hydrogen-bond acceptors (Lipinski definition) is 4. The van der Waals surface area contributed by atoms with Gasteiger partial charge in [0.25, 0.3) is 5.91 Å². The Hall–Kier alpha value is -1.18. The van der Waals surface area contributed by atoms with Crippen molar-refractivity contribution in [1.82, 2.24) is 9.88 Å². The first-order valence-corrected chi connectivity index (χ1v) is 10.9. The molecule has 1 aromatic heterocycles. The van der Waals surface area contributed by atoms with Crippen molar-refractivity contribution in [2.24, 2.45) is 0 Å². The molecule has 2 aromatic rings. The molecule has 148 valence electrons. The number of thioether (sulfide) groups is 1. The van der Waals surface area contributed by atoms with Crippen LogP contribution in [0.2, 0.25) is 20.1 Å². The van der Waals surface area contributed by atoms with Gasteiger partial charge in [0.1, 0.15) is 0 Å². The molecule has 0 atom stereocenters. The number of amides is 2. The Morgan fingerprint density at radius 3 is 2.29 bits per heavy atom. The summed E-state index contributed by atoms with van der Waals surface area (Å²) in [6.07, 6.45) is 3.60. The number of benzene rings is 1. The summed E-state index contributed by atoms with van der Waals surface area (Å²) in [5, 5.41) is 3.87. The van der Waals surface area contributed by atoms with Crippen molar-refractivity contribution in [3.05, 3.63) is 50.0 Å². The highest BCUT2D eigenvalue weighted by Crippen LogP contribution is 2.41. The number of rotatable bonds is 5. The number of aromatic nitrogens is 1. The van der Waals surface area contributed by atoms with Crippen LogP contribution in [0.4, 0.5) is 5.69 Å². The lowest BCUT2D eigenvalue weighted by Gasteiger charge is -2.15. The van der Waals surface area contributed by atoms with Crippen LogP contribution < -0.4 is 5.32 Å². The first kappa shape index (κ1) is 21.5. The molecule has 2 amide bonds. The summed E-state index contributed by atoms with van der Waals surface area (Å²) in [6, 6.07) is 4.85. The lowest BCUT2D eigenvalue weighted by molar-refractivity contribution is -0.113. The van der Waals surface area contributed by atoms with E-state index >= 15 is 0 Å². The van der Waals surface area contributed by atoms with Gasteiger partial charge >= 0.3 is 0 Å². The Bertz CT molecular complexity index is 876. The van der Waals surface area contributed by atoms with E-state index in [-0.39, 0.29) is 43.3 Å². The summed E-state index contributed by atoms with van der Waals surface area (Å²) >= 11 is 25.3. The number of anilines is 1. The molecule has 2 heterocycles. The summed E-state index contributed by atoms with van der Waals surface area (Å²) in [4.78, 5) is 30.6. The van der Waals surface area contributed by atoms with E-state index in [0.717, 1.165) is 25.9 Å². The maximum absolute atomic E-state index is 12.3. The Balaban J connectivity index is 1.59. The number of carbonyl (C=O) groups is 2. The second kappa shape index (κ2) is 9.55. The lowest BCUT2D eigenvalue weighted by Crippen LogP contribution is -2.27. The first-order valence-electron chi connectivity index (χ1n) is 8.38. The van der Waals surface area contributed by atoms with Gasteiger partial charge in [-0.3, -0.25) is 9.59 Å². The molecule has 3 rings (SSSR count). The second-order valence-corrected chi connectivity index (χ2v) is 8.63. The molecule has 1 N–H and O–H groups in total. The molecular formula is C18H15Cl4N3O2S. The monoisotopic (exact) mass is 477 g/mol. The minimum absolute atomic E-state index is 0.0126. The average Bonchev–Trinajstić information content (AvgIpc) is 3.23. The fourth-order valence-corrected chi connectivity index (χ4v) is 4.24. The highest BCUT2D eigenvalue weighted by molar-refractivity contribution is 7.99. The fourth-order valence-electron chi connectivity index (χ4n) is 2.69. The van der Waals surface area contributed by atoms with Crippen molar-refractivity contribution < 1.29 is 9.59 Å². The summed E-state index contributed by atoms with van der Waals surface area (Å²) in [6.45, 7) is 1.57. The van der Waals surface area contributed by atoms with Crippen molar-refractivity contribution in [2.75, 3.05) is 24.2 Å². The minimum Gasteiger partial charge on any atom is -0.339 e. The maximum Gasteiger partial charge on any atom is 0.255 e. The molecule has 0 spiro atoms. The van der Waals surface area contributed by atoms with Crippen LogP contribution in [-0.2, 0) is 4.79 Å². The van der Waals surface area contributed by atoms with E-state index in [1.807, 2.05) is 4.90 Å². The zero-order valence-electron chi connectivity index (χ0n) is 14.5. The molecule has 1 fully saturated rings. The van der Waals surface area contributed by atoms with Crippen molar-refractivity contribution in [2.45, 2.75) is 17.9 Å². The molecule has 5 nitrogen and oxygen atoms in total. The summed E-state index contributed by atoms with van der Waals surface area (Å²) in [5.41, 5.74) is 0.716. The van der Waals surface area contributed by atoms with Gasteiger partial charge in [-0.05, 0) is 31.0 Å². The van der Waals surface area contributed by atoms with Crippen LogP contribution in [0.25, 0.3) is 0 Å². The van der Waals surface area contributed by atoms with Gasteiger partial charge in [-0.15, -0.1) is 0 Å². The number of halogens is 4. The van der Waals surface area contributed by atoms with E-state index in [1.54, 1.807) is 12.1 Å². The third-order valence-corrected chi connectivity index (χ3v) is 6.62. The van der Waals surface area contributed by atoms with Gasteiger partial charge in [0.15, 0.2) is 0 Å². The van der Waals surface area contributed by atoms with E-state index in [9.17, 15) is 9.59 Å². The van der Waals surface area contributed by atoms with Gasteiger partial charge in [0.2, 0.25) is 5.91 Å². The molecule has 0 aliphatic carbocycles. The number of pyridine rings is 1. The number of likely N-dealkylation sites (tertiary alicyclic amines) is 1. The molecule has 1 aromatic carbocycles.